The van der Waals surface area contributed by atoms with Gasteiger partial charge in [-0.15, -0.1) is 0 Å². The lowest BCUT2D eigenvalue weighted by Crippen LogP contribution is -2.62. The lowest BCUT2D eigenvalue weighted by Gasteiger charge is -2.41. The molecule has 3 aromatic carbocycles. The van der Waals surface area contributed by atoms with Gasteiger partial charge in [0.25, 0.3) is 0 Å². The van der Waals surface area contributed by atoms with Crippen LogP contribution in [-0.4, -0.2) is 77.7 Å². The molecular weight excluding hydrogens is 552 g/mol. The molecular formula is C30H28O12. The Morgan fingerprint density at radius 1 is 0.833 bits per heavy atom. The number of aliphatic hydroxyl groups excluding tert-OH is 4. The van der Waals surface area contributed by atoms with Crippen LogP contribution in [0.1, 0.15) is 12.0 Å². The number of phenols is 4. The predicted octanol–water partition coefficient (Wildman–Crippen LogP) is 1.93. The van der Waals surface area contributed by atoms with Crippen LogP contribution in [0.15, 0.2) is 76.0 Å². The maximum Gasteiger partial charge on any atom is 0.239 e. The Bertz CT molecular complexity index is 1640. The average molecular weight is 581 g/mol. The van der Waals surface area contributed by atoms with Crippen molar-refractivity contribution in [3.8, 4) is 40.1 Å². The minimum Gasteiger partial charge on any atom is -0.508 e. The molecule has 2 heterocycles. The minimum atomic E-state index is -1.88. The maximum atomic E-state index is 13.6. The molecule has 5 rings (SSSR count). The van der Waals surface area contributed by atoms with E-state index in [1.807, 2.05) is 0 Å². The minimum absolute atomic E-state index is 0.0492. The van der Waals surface area contributed by atoms with Crippen molar-refractivity contribution < 1.29 is 54.7 Å². The highest BCUT2D eigenvalue weighted by Gasteiger charge is 2.48. The highest BCUT2D eigenvalue weighted by atomic mass is 16.7. The zero-order valence-electron chi connectivity index (χ0n) is 21.8. The molecule has 1 aliphatic heterocycles. The summed E-state index contributed by atoms with van der Waals surface area (Å²) < 4.78 is 17.2. The van der Waals surface area contributed by atoms with Gasteiger partial charge >= 0.3 is 0 Å². The van der Waals surface area contributed by atoms with Gasteiger partial charge in [-0.1, -0.05) is 24.3 Å². The molecule has 0 spiro atoms. The van der Waals surface area contributed by atoms with Crippen molar-refractivity contribution in [1.82, 2.24) is 0 Å². The third-order valence-electron chi connectivity index (χ3n) is 6.85. The molecule has 0 amide bonds. The number of fused-ring (bicyclic) bond motifs is 1. The maximum absolute atomic E-state index is 13.6. The Labute approximate surface area is 237 Å². The van der Waals surface area contributed by atoms with Crippen molar-refractivity contribution in [1.29, 1.82) is 0 Å². The van der Waals surface area contributed by atoms with Gasteiger partial charge in [-0.05, 0) is 48.4 Å². The molecule has 220 valence electrons. The number of phenolic OH excluding ortho intramolecular Hbond substituents is 4. The fourth-order valence-electron chi connectivity index (χ4n) is 4.65. The lowest BCUT2D eigenvalue weighted by molar-refractivity contribution is -0.287. The first kappa shape index (κ1) is 28.9. The van der Waals surface area contributed by atoms with Gasteiger partial charge in [0.05, 0.1) is 6.10 Å². The first-order valence-corrected chi connectivity index (χ1v) is 12.9. The van der Waals surface area contributed by atoms with E-state index >= 15 is 0 Å². The second-order valence-corrected chi connectivity index (χ2v) is 9.83. The smallest absolute Gasteiger partial charge is 0.239 e. The summed E-state index contributed by atoms with van der Waals surface area (Å²) in [6.07, 6.45) is -6.91. The molecule has 1 aliphatic rings. The third kappa shape index (κ3) is 5.75. The van der Waals surface area contributed by atoms with Crippen LogP contribution in [0, 0.1) is 0 Å². The van der Waals surface area contributed by atoms with E-state index in [4.69, 9.17) is 13.9 Å². The highest BCUT2D eigenvalue weighted by Crippen LogP contribution is 2.37. The molecule has 12 nitrogen and oxygen atoms in total. The Hall–Kier alpha value is -4.59. The molecule has 6 atom stereocenters. The van der Waals surface area contributed by atoms with Crippen molar-refractivity contribution in [3.05, 3.63) is 82.5 Å². The molecule has 0 bridgehead atoms. The molecule has 0 aliphatic carbocycles. The molecule has 8 N–H and O–H groups in total. The summed E-state index contributed by atoms with van der Waals surface area (Å²) in [5, 5.41) is 81.6. The normalized spacial score (nSPS) is 23.3. The standard InChI is InChI=1S/C30H28O12/c31-16-8-4-14(5-9-16)2-1-3-19(34)28-25(38)24(37)26(39)30(41-28)42-29-23(36)22-20(35)12-18(33)13-21(22)40-27(29)15-6-10-17(32)11-7-15/h1-2,4-13,19,24-26,28,30-35,37-39H,3H2/t19?,24-,25-,26+,28+,30?/m0/s1. The molecule has 1 aromatic heterocycles. The SMILES string of the molecule is O=c1c(OC2O[C@H](C(O)CC=Cc3ccc(O)cc3)[C@@H](O)[C@H](O)[C@H]2O)c(-c2ccc(O)cc2)oc2cc(O)cc(O)c12. The van der Waals surface area contributed by atoms with E-state index in [0.717, 1.165) is 17.7 Å². The van der Waals surface area contributed by atoms with E-state index < -0.39 is 53.7 Å². The van der Waals surface area contributed by atoms with E-state index in [9.17, 15) is 45.6 Å². The van der Waals surface area contributed by atoms with Crippen LogP contribution in [0.25, 0.3) is 28.4 Å². The van der Waals surface area contributed by atoms with Crippen molar-refractivity contribution in [2.24, 2.45) is 0 Å². The van der Waals surface area contributed by atoms with Crippen LogP contribution in [0.4, 0.5) is 0 Å². The van der Waals surface area contributed by atoms with Crippen LogP contribution in [0.5, 0.6) is 28.7 Å². The summed E-state index contributed by atoms with van der Waals surface area (Å²) in [7, 11) is 0. The number of hydrogen-bond donors (Lipinski definition) is 8. The van der Waals surface area contributed by atoms with Crippen LogP contribution in [0.2, 0.25) is 0 Å². The third-order valence-corrected chi connectivity index (χ3v) is 6.85. The summed E-state index contributed by atoms with van der Waals surface area (Å²) in [5.74, 6) is -1.76. The summed E-state index contributed by atoms with van der Waals surface area (Å²) in [6, 6.07) is 13.7. The summed E-state index contributed by atoms with van der Waals surface area (Å²) in [6.45, 7) is 0. The molecule has 42 heavy (non-hydrogen) atoms. The second kappa shape index (κ2) is 11.7. The number of hydrogen-bond acceptors (Lipinski definition) is 12. The highest BCUT2D eigenvalue weighted by molar-refractivity contribution is 5.88. The van der Waals surface area contributed by atoms with Crippen LogP contribution < -0.4 is 10.2 Å². The topological polar surface area (TPSA) is 211 Å². The molecule has 4 aromatic rings. The Morgan fingerprint density at radius 2 is 1.48 bits per heavy atom. The fourth-order valence-corrected chi connectivity index (χ4v) is 4.65. The van der Waals surface area contributed by atoms with Crippen LogP contribution in [0.3, 0.4) is 0 Å². The summed E-state index contributed by atoms with van der Waals surface area (Å²) in [5.41, 5.74) is -0.154. The number of aliphatic hydroxyl groups is 4. The van der Waals surface area contributed by atoms with E-state index in [-0.39, 0.29) is 46.0 Å². The van der Waals surface area contributed by atoms with Crippen molar-refractivity contribution in [2.45, 2.75) is 43.2 Å². The monoisotopic (exact) mass is 580 g/mol. The first-order valence-electron chi connectivity index (χ1n) is 12.9. The number of aromatic hydroxyl groups is 4. The van der Waals surface area contributed by atoms with Gasteiger partial charge in [0.15, 0.2) is 5.76 Å². The van der Waals surface area contributed by atoms with E-state index in [1.165, 1.54) is 36.4 Å². The van der Waals surface area contributed by atoms with Gasteiger partial charge in [0, 0.05) is 17.7 Å². The lowest BCUT2D eigenvalue weighted by atomic mass is 9.94. The van der Waals surface area contributed by atoms with Crippen molar-refractivity contribution >= 4 is 17.0 Å². The summed E-state index contributed by atoms with van der Waals surface area (Å²) >= 11 is 0. The van der Waals surface area contributed by atoms with E-state index in [2.05, 4.69) is 0 Å². The average Bonchev–Trinajstić information content (AvgIpc) is 2.95. The van der Waals surface area contributed by atoms with Crippen molar-refractivity contribution in [3.63, 3.8) is 0 Å². The Morgan fingerprint density at radius 3 is 2.14 bits per heavy atom. The second-order valence-electron chi connectivity index (χ2n) is 9.83. The Balaban J connectivity index is 1.47. The van der Waals surface area contributed by atoms with Gasteiger partial charge in [0.1, 0.15) is 58.4 Å². The summed E-state index contributed by atoms with van der Waals surface area (Å²) in [4.78, 5) is 13.6. The zero-order chi connectivity index (χ0) is 30.1. The van der Waals surface area contributed by atoms with Gasteiger partial charge in [0.2, 0.25) is 17.5 Å². The molecule has 1 fully saturated rings. The number of ether oxygens (including phenoxy) is 2. The molecule has 0 radical (unpaired) electrons. The quantitative estimate of drug-likeness (QED) is 0.158. The zero-order valence-corrected chi connectivity index (χ0v) is 21.8. The largest absolute Gasteiger partial charge is 0.508 e. The molecule has 2 unspecified atom stereocenters. The first-order chi connectivity index (χ1) is 20.0. The van der Waals surface area contributed by atoms with Gasteiger partial charge in [-0.2, -0.15) is 0 Å². The number of rotatable bonds is 7. The molecule has 12 heteroatoms. The van der Waals surface area contributed by atoms with E-state index in [1.54, 1.807) is 24.3 Å². The molecule has 1 saturated heterocycles. The van der Waals surface area contributed by atoms with Gasteiger partial charge < -0.3 is 54.7 Å². The van der Waals surface area contributed by atoms with Crippen LogP contribution >= 0.6 is 0 Å². The fraction of sp³-hybridized carbons (Fsp3) is 0.233. The van der Waals surface area contributed by atoms with E-state index in [0.29, 0.717) is 0 Å². The number of benzene rings is 3. The van der Waals surface area contributed by atoms with Crippen molar-refractivity contribution in [2.75, 3.05) is 0 Å². The Kier molecular flexibility index (Phi) is 8.07. The predicted molar refractivity (Wildman–Crippen MR) is 148 cm³/mol. The van der Waals surface area contributed by atoms with Gasteiger partial charge in [-0.3, -0.25) is 4.79 Å². The van der Waals surface area contributed by atoms with Gasteiger partial charge in [-0.25, -0.2) is 0 Å². The van der Waals surface area contributed by atoms with Crippen LogP contribution in [-0.2, 0) is 4.74 Å². The molecule has 0 saturated carbocycles.